The van der Waals surface area contributed by atoms with Crippen molar-refractivity contribution in [2.75, 3.05) is 33.3 Å². The molecular formula is C27H33F3N6O5. The zero-order valence-electron chi connectivity index (χ0n) is 22.7. The third-order valence-electron chi connectivity index (χ3n) is 7.11. The summed E-state index contributed by atoms with van der Waals surface area (Å²) >= 11 is 0. The third kappa shape index (κ3) is 7.55. The lowest BCUT2D eigenvalue weighted by Crippen LogP contribution is -2.49. The Morgan fingerprint density at radius 1 is 1.15 bits per heavy atom. The number of rotatable bonds is 5. The first-order valence-electron chi connectivity index (χ1n) is 13.5. The van der Waals surface area contributed by atoms with E-state index in [-0.39, 0.29) is 68.6 Å². The lowest BCUT2D eigenvalue weighted by Gasteiger charge is -2.28. The quantitative estimate of drug-likeness (QED) is 0.522. The Bertz CT molecular complexity index is 1270. The van der Waals surface area contributed by atoms with Crippen molar-refractivity contribution in [3.05, 3.63) is 47.8 Å². The molecule has 0 radical (unpaired) electrons. The molecule has 2 aromatic rings. The van der Waals surface area contributed by atoms with E-state index in [1.165, 1.54) is 16.0 Å². The molecule has 41 heavy (non-hydrogen) atoms. The first-order valence-corrected chi connectivity index (χ1v) is 13.5. The largest absolute Gasteiger partial charge is 0.491 e. The fourth-order valence-corrected chi connectivity index (χ4v) is 4.89. The number of aryl methyl sites for hydroxylation is 1. The van der Waals surface area contributed by atoms with Crippen LogP contribution in [0.3, 0.4) is 0 Å². The highest BCUT2D eigenvalue weighted by Crippen LogP contribution is 2.27. The zero-order chi connectivity index (χ0) is 29.6. The average Bonchev–Trinajstić information content (AvgIpc) is 3.62. The lowest BCUT2D eigenvalue weighted by atomic mass is 10.1. The van der Waals surface area contributed by atoms with Crippen LogP contribution in [-0.4, -0.2) is 88.6 Å². The van der Waals surface area contributed by atoms with Gasteiger partial charge in [0.05, 0.1) is 12.1 Å². The van der Waals surface area contributed by atoms with Gasteiger partial charge in [0.1, 0.15) is 24.4 Å². The lowest BCUT2D eigenvalue weighted by molar-refractivity contribution is -0.143. The minimum atomic E-state index is -4.54. The number of amides is 4. The van der Waals surface area contributed by atoms with E-state index in [1.807, 2.05) is 0 Å². The minimum Gasteiger partial charge on any atom is -0.491 e. The van der Waals surface area contributed by atoms with Crippen molar-refractivity contribution in [3.63, 3.8) is 0 Å². The van der Waals surface area contributed by atoms with Crippen LogP contribution in [0.2, 0.25) is 0 Å². The van der Waals surface area contributed by atoms with E-state index in [0.29, 0.717) is 19.4 Å². The predicted molar refractivity (Wildman–Crippen MR) is 140 cm³/mol. The van der Waals surface area contributed by atoms with Gasteiger partial charge < -0.3 is 25.2 Å². The number of carbonyl (C=O) groups excluding carboxylic acids is 4. The van der Waals surface area contributed by atoms with Crippen molar-refractivity contribution < 1.29 is 37.1 Å². The number of aromatic nitrogens is 2. The Morgan fingerprint density at radius 3 is 2.68 bits per heavy atom. The van der Waals surface area contributed by atoms with Gasteiger partial charge in [-0.25, -0.2) is 0 Å². The highest BCUT2D eigenvalue weighted by Gasteiger charge is 2.36. The van der Waals surface area contributed by atoms with Gasteiger partial charge in [0.25, 0.3) is 5.91 Å². The molecule has 0 bridgehead atoms. The van der Waals surface area contributed by atoms with Crippen LogP contribution in [0.15, 0.2) is 36.5 Å². The van der Waals surface area contributed by atoms with Crippen molar-refractivity contribution >= 4 is 23.6 Å². The van der Waals surface area contributed by atoms with Crippen LogP contribution in [0.5, 0.6) is 5.75 Å². The van der Waals surface area contributed by atoms with Gasteiger partial charge in [0.2, 0.25) is 17.7 Å². The molecule has 14 heteroatoms. The number of alkyl halides is 3. The van der Waals surface area contributed by atoms with Crippen LogP contribution in [0.1, 0.15) is 48.2 Å². The molecule has 11 nitrogen and oxygen atoms in total. The first-order chi connectivity index (χ1) is 19.5. The molecule has 1 aromatic heterocycles. The number of para-hydroxylation sites is 1. The van der Waals surface area contributed by atoms with Crippen molar-refractivity contribution in [2.24, 2.45) is 0 Å². The number of carbonyl (C=O) groups is 4. The van der Waals surface area contributed by atoms with Gasteiger partial charge in [-0.3, -0.25) is 23.9 Å². The van der Waals surface area contributed by atoms with Crippen LogP contribution in [-0.2, 0) is 27.1 Å². The molecule has 0 spiro atoms. The highest BCUT2D eigenvalue weighted by atomic mass is 19.4. The standard InChI is InChI=1S/C27H33F3N6O5/c1-34-16-17-41-21-8-3-2-6-18(21)24(38)32-19(9-10-23(37)36-14-4-7-20(36)26(34)40)25(39)31-12-5-13-35-15-11-22(33-35)27(28,29)30/h2-3,6,8,11,15,19-20H,4-5,7,9-10,12-14,16-17H2,1H3,(H,31,39)(H,32,38)/t19-,20-/m0/s1. The van der Waals surface area contributed by atoms with Gasteiger partial charge in [0.15, 0.2) is 5.69 Å². The van der Waals surface area contributed by atoms with Gasteiger partial charge in [-0.2, -0.15) is 18.3 Å². The Morgan fingerprint density at radius 2 is 1.93 bits per heavy atom. The molecule has 222 valence electrons. The maximum absolute atomic E-state index is 13.2. The first kappa shape index (κ1) is 29.9. The molecule has 0 aliphatic carbocycles. The number of hydrogen-bond acceptors (Lipinski definition) is 6. The summed E-state index contributed by atoms with van der Waals surface area (Å²) in [6.07, 6.45) is -1.91. The molecular weight excluding hydrogens is 545 g/mol. The number of likely N-dealkylation sites (N-methyl/N-ethyl adjacent to an activating group) is 1. The summed E-state index contributed by atoms with van der Waals surface area (Å²) < 4.78 is 45.3. The van der Waals surface area contributed by atoms with E-state index in [0.717, 1.165) is 10.7 Å². The molecule has 2 N–H and O–H groups in total. The van der Waals surface area contributed by atoms with Crippen LogP contribution in [0.4, 0.5) is 13.2 Å². The van der Waals surface area contributed by atoms with Gasteiger partial charge >= 0.3 is 6.18 Å². The van der Waals surface area contributed by atoms with E-state index in [1.54, 1.807) is 31.3 Å². The van der Waals surface area contributed by atoms with Gasteiger partial charge in [-0.15, -0.1) is 0 Å². The van der Waals surface area contributed by atoms with Crippen LogP contribution < -0.4 is 15.4 Å². The third-order valence-corrected chi connectivity index (χ3v) is 7.11. The Hall–Kier alpha value is -4.10. The summed E-state index contributed by atoms with van der Waals surface area (Å²) in [6.45, 7) is 1.05. The number of ether oxygens (including phenoxy) is 1. The molecule has 1 fully saturated rings. The highest BCUT2D eigenvalue weighted by molar-refractivity contribution is 5.99. The second kappa shape index (κ2) is 13.0. The molecule has 2 aliphatic heterocycles. The predicted octanol–water partition coefficient (Wildman–Crippen LogP) is 1.83. The van der Waals surface area contributed by atoms with Gasteiger partial charge in [0, 0.05) is 39.3 Å². The normalized spacial score (nSPS) is 20.8. The monoisotopic (exact) mass is 578 g/mol. The average molecular weight is 579 g/mol. The van der Waals surface area contributed by atoms with Crippen molar-refractivity contribution in [2.45, 2.75) is 56.9 Å². The smallest absolute Gasteiger partial charge is 0.435 e. The van der Waals surface area contributed by atoms with Crippen LogP contribution in [0.25, 0.3) is 0 Å². The SMILES string of the molecule is CN1CCOc2ccccc2C(=O)N[C@H](C(=O)NCCCn2ccc(C(F)(F)F)n2)CCC(=O)N2CCC[C@H]2C1=O. The van der Waals surface area contributed by atoms with E-state index in [4.69, 9.17) is 4.74 Å². The minimum absolute atomic E-state index is 0.0131. The number of benzene rings is 1. The van der Waals surface area contributed by atoms with Gasteiger partial charge in [-0.05, 0) is 43.9 Å². The van der Waals surface area contributed by atoms with Crippen molar-refractivity contribution in [1.82, 2.24) is 30.2 Å². The molecule has 4 rings (SSSR count). The van der Waals surface area contributed by atoms with Crippen molar-refractivity contribution in [1.29, 1.82) is 0 Å². The molecule has 2 aliphatic rings. The topological polar surface area (TPSA) is 126 Å². The van der Waals surface area contributed by atoms with Crippen LogP contribution >= 0.6 is 0 Å². The molecule has 1 saturated heterocycles. The summed E-state index contributed by atoms with van der Waals surface area (Å²) in [6, 6.07) is 5.72. The Labute approximate surface area is 235 Å². The zero-order valence-corrected chi connectivity index (χ0v) is 22.7. The maximum atomic E-state index is 13.2. The molecule has 2 atom stereocenters. The second-order valence-electron chi connectivity index (χ2n) is 10.0. The summed E-state index contributed by atoms with van der Waals surface area (Å²) in [5.41, 5.74) is -0.803. The van der Waals surface area contributed by atoms with Gasteiger partial charge in [-0.1, -0.05) is 12.1 Å². The van der Waals surface area contributed by atoms with Crippen molar-refractivity contribution in [3.8, 4) is 5.75 Å². The summed E-state index contributed by atoms with van der Waals surface area (Å²) in [5, 5.41) is 8.87. The second-order valence-corrected chi connectivity index (χ2v) is 10.0. The Kier molecular flexibility index (Phi) is 9.50. The number of halogens is 3. The number of nitrogens with zero attached hydrogens (tertiary/aromatic N) is 4. The molecule has 0 saturated carbocycles. The number of hydrogen-bond donors (Lipinski definition) is 2. The summed E-state index contributed by atoms with van der Waals surface area (Å²) in [4.78, 5) is 55.5. The number of nitrogens with one attached hydrogen (secondary N) is 2. The number of fused-ring (bicyclic) bond motifs is 2. The van der Waals surface area contributed by atoms with E-state index in [2.05, 4.69) is 15.7 Å². The van der Waals surface area contributed by atoms with E-state index >= 15 is 0 Å². The summed E-state index contributed by atoms with van der Waals surface area (Å²) in [5.74, 6) is -1.30. The molecule has 0 unspecified atom stereocenters. The van der Waals surface area contributed by atoms with Crippen LogP contribution in [0, 0.1) is 0 Å². The fourth-order valence-electron chi connectivity index (χ4n) is 4.89. The molecule has 4 amide bonds. The van der Waals surface area contributed by atoms with E-state index in [9.17, 15) is 32.3 Å². The summed E-state index contributed by atoms with van der Waals surface area (Å²) in [7, 11) is 1.64. The van der Waals surface area contributed by atoms with E-state index < -0.39 is 35.8 Å². The molecule has 1 aromatic carbocycles. The molecule has 3 heterocycles. The Balaban J connectivity index is 1.45. The maximum Gasteiger partial charge on any atom is 0.435 e. The fraction of sp³-hybridized carbons (Fsp3) is 0.519.